The quantitative estimate of drug-likeness (QED) is 0.876. The second-order valence-corrected chi connectivity index (χ2v) is 7.01. The molecule has 1 aliphatic carbocycles. The Bertz CT molecular complexity index is 422. The van der Waals surface area contributed by atoms with Crippen LogP contribution >= 0.6 is 0 Å². The summed E-state index contributed by atoms with van der Waals surface area (Å²) in [5.41, 5.74) is 7.82. The molecule has 1 aromatic rings. The van der Waals surface area contributed by atoms with Gasteiger partial charge >= 0.3 is 0 Å². The fourth-order valence-electron chi connectivity index (χ4n) is 2.94. The zero-order valence-corrected chi connectivity index (χ0v) is 12.6. The Morgan fingerprint density at radius 3 is 2.58 bits per heavy atom. The van der Waals surface area contributed by atoms with E-state index in [-0.39, 0.29) is 12.1 Å². The van der Waals surface area contributed by atoms with Crippen LogP contribution in [0.5, 0.6) is 5.75 Å². The van der Waals surface area contributed by atoms with Gasteiger partial charge in [0.25, 0.3) is 0 Å². The molecule has 0 amide bonds. The highest BCUT2D eigenvalue weighted by molar-refractivity contribution is 5.27. The first kappa shape index (κ1) is 14.4. The normalized spacial score (nSPS) is 28.2. The molecule has 1 fully saturated rings. The number of benzene rings is 1. The van der Waals surface area contributed by atoms with Gasteiger partial charge in [-0.3, -0.25) is 0 Å². The highest BCUT2D eigenvalue weighted by atomic mass is 16.5. The van der Waals surface area contributed by atoms with Gasteiger partial charge in [-0.2, -0.15) is 0 Å². The molecule has 106 valence electrons. The first-order valence-electron chi connectivity index (χ1n) is 7.35. The average molecular weight is 261 g/mol. The average Bonchev–Trinajstić information content (AvgIpc) is 2.30. The molecule has 1 aliphatic rings. The van der Waals surface area contributed by atoms with Crippen LogP contribution in [0.15, 0.2) is 24.3 Å². The van der Waals surface area contributed by atoms with Gasteiger partial charge in [0.05, 0.1) is 0 Å². The van der Waals surface area contributed by atoms with Crippen molar-refractivity contribution in [1.82, 2.24) is 0 Å². The van der Waals surface area contributed by atoms with Crippen molar-refractivity contribution in [3.05, 3.63) is 29.8 Å². The van der Waals surface area contributed by atoms with Crippen molar-refractivity contribution in [2.24, 2.45) is 17.1 Å². The number of rotatable bonds is 2. The van der Waals surface area contributed by atoms with E-state index < -0.39 is 0 Å². The molecule has 2 nitrogen and oxygen atoms in total. The maximum Gasteiger partial charge on any atom is 0.120 e. The molecule has 3 unspecified atom stereocenters. The summed E-state index contributed by atoms with van der Waals surface area (Å²) in [6.07, 6.45) is 3.51. The van der Waals surface area contributed by atoms with Crippen LogP contribution in [0.25, 0.3) is 0 Å². The Morgan fingerprint density at radius 2 is 1.95 bits per heavy atom. The molecule has 0 heterocycles. The molecular weight excluding hydrogens is 234 g/mol. The van der Waals surface area contributed by atoms with Gasteiger partial charge in [0, 0.05) is 6.04 Å². The molecule has 0 aromatic heterocycles. The van der Waals surface area contributed by atoms with Gasteiger partial charge in [0.1, 0.15) is 11.9 Å². The highest BCUT2D eigenvalue weighted by Gasteiger charge is 2.35. The van der Waals surface area contributed by atoms with E-state index in [0.29, 0.717) is 11.3 Å². The summed E-state index contributed by atoms with van der Waals surface area (Å²) >= 11 is 0. The summed E-state index contributed by atoms with van der Waals surface area (Å²) in [5.74, 6) is 1.65. The van der Waals surface area contributed by atoms with Gasteiger partial charge in [0.2, 0.25) is 0 Å². The lowest BCUT2D eigenvalue weighted by molar-refractivity contribution is 0.0591. The first-order valence-corrected chi connectivity index (χ1v) is 7.35. The van der Waals surface area contributed by atoms with E-state index in [4.69, 9.17) is 10.5 Å². The lowest BCUT2D eigenvalue weighted by Gasteiger charge is -2.40. The van der Waals surface area contributed by atoms with E-state index in [2.05, 4.69) is 39.8 Å². The number of nitrogens with two attached hydrogens (primary N) is 1. The van der Waals surface area contributed by atoms with Crippen LogP contribution in [0.3, 0.4) is 0 Å². The molecular formula is C17H27NO. The molecule has 1 aromatic carbocycles. The molecule has 0 spiro atoms. The molecule has 2 heteroatoms. The highest BCUT2D eigenvalue weighted by Crippen LogP contribution is 2.38. The molecule has 0 radical (unpaired) electrons. The van der Waals surface area contributed by atoms with Gasteiger partial charge < -0.3 is 10.5 Å². The fraction of sp³-hybridized carbons (Fsp3) is 0.647. The standard InChI is InChI=1S/C17H27NO/c1-12-6-5-7-14(10-12)19-16-11-13(17(2,3)4)8-9-15(16)18/h5-7,10,13,15-16H,8-9,11,18H2,1-4H3. The third-order valence-corrected chi connectivity index (χ3v) is 4.34. The number of hydrogen-bond donors (Lipinski definition) is 1. The van der Waals surface area contributed by atoms with Gasteiger partial charge in [0.15, 0.2) is 0 Å². The second-order valence-electron chi connectivity index (χ2n) is 7.01. The summed E-state index contributed by atoms with van der Waals surface area (Å²) in [6.45, 7) is 9.04. The third-order valence-electron chi connectivity index (χ3n) is 4.34. The minimum atomic E-state index is 0.153. The minimum absolute atomic E-state index is 0.153. The van der Waals surface area contributed by atoms with Crippen molar-refractivity contribution in [2.45, 2.75) is 59.1 Å². The van der Waals surface area contributed by atoms with Gasteiger partial charge in [-0.05, 0) is 55.2 Å². The Balaban J connectivity index is 2.05. The number of aryl methyl sites for hydroxylation is 1. The monoisotopic (exact) mass is 261 g/mol. The van der Waals surface area contributed by atoms with Crippen molar-refractivity contribution in [3.8, 4) is 5.75 Å². The SMILES string of the molecule is Cc1cccc(OC2CC(C(C)(C)C)CCC2N)c1. The van der Waals surface area contributed by atoms with E-state index in [1.807, 2.05) is 12.1 Å². The van der Waals surface area contributed by atoms with E-state index >= 15 is 0 Å². The van der Waals surface area contributed by atoms with Crippen LogP contribution in [0.1, 0.15) is 45.6 Å². The zero-order chi connectivity index (χ0) is 14.0. The van der Waals surface area contributed by atoms with Crippen molar-refractivity contribution in [1.29, 1.82) is 0 Å². The molecule has 2 rings (SSSR count). The van der Waals surface area contributed by atoms with Crippen LogP contribution in [-0.2, 0) is 0 Å². The predicted molar refractivity (Wildman–Crippen MR) is 80.4 cm³/mol. The molecule has 0 saturated heterocycles. The molecule has 1 saturated carbocycles. The number of hydrogen-bond acceptors (Lipinski definition) is 2. The Morgan fingerprint density at radius 1 is 1.21 bits per heavy atom. The lowest BCUT2D eigenvalue weighted by Crippen LogP contribution is -2.46. The smallest absolute Gasteiger partial charge is 0.120 e. The van der Waals surface area contributed by atoms with Crippen LogP contribution < -0.4 is 10.5 Å². The van der Waals surface area contributed by atoms with E-state index in [1.165, 1.54) is 12.0 Å². The summed E-state index contributed by atoms with van der Waals surface area (Å²) in [6, 6.07) is 8.42. The van der Waals surface area contributed by atoms with Crippen LogP contribution in [-0.4, -0.2) is 12.1 Å². The Hall–Kier alpha value is -1.02. The minimum Gasteiger partial charge on any atom is -0.489 e. The summed E-state index contributed by atoms with van der Waals surface area (Å²) in [4.78, 5) is 0. The first-order chi connectivity index (χ1) is 8.86. The van der Waals surface area contributed by atoms with Crippen molar-refractivity contribution in [2.75, 3.05) is 0 Å². The zero-order valence-electron chi connectivity index (χ0n) is 12.6. The van der Waals surface area contributed by atoms with E-state index in [9.17, 15) is 0 Å². The maximum atomic E-state index is 6.25. The van der Waals surface area contributed by atoms with Crippen LogP contribution in [0.2, 0.25) is 0 Å². The van der Waals surface area contributed by atoms with Gasteiger partial charge in [-0.1, -0.05) is 32.9 Å². The van der Waals surface area contributed by atoms with E-state index in [0.717, 1.165) is 18.6 Å². The largest absolute Gasteiger partial charge is 0.489 e. The van der Waals surface area contributed by atoms with Crippen LogP contribution in [0.4, 0.5) is 0 Å². The maximum absolute atomic E-state index is 6.25. The third kappa shape index (κ3) is 3.73. The fourth-order valence-corrected chi connectivity index (χ4v) is 2.94. The van der Waals surface area contributed by atoms with Crippen LogP contribution in [0, 0.1) is 18.3 Å². The van der Waals surface area contributed by atoms with Crippen molar-refractivity contribution in [3.63, 3.8) is 0 Å². The van der Waals surface area contributed by atoms with Gasteiger partial charge in [-0.25, -0.2) is 0 Å². The molecule has 3 atom stereocenters. The molecule has 2 N–H and O–H groups in total. The summed E-state index contributed by atoms with van der Waals surface area (Å²) in [7, 11) is 0. The lowest BCUT2D eigenvalue weighted by atomic mass is 9.70. The summed E-state index contributed by atoms with van der Waals surface area (Å²) < 4.78 is 6.15. The Kier molecular flexibility index (Phi) is 4.19. The number of ether oxygens (including phenoxy) is 1. The van der Waals surface area contributed by atoms with E-state index in [1.54, 1.807) is 0 Å². The summed E-state index contributed by atoms with van der Waals surface area (Å²) in [5, 5.41) is 0. The predicted octanol–water partition coefficient (Wildman–Crippen LogP) is 3.92. The Labute approximate surface area is 117 Å². The molecule has 19 heavy (non-hydrogen) atoms. The molecule has 0 bridgehead atoms. The van der Waals surface area contributed by atoms with Crippen molar-refractivity contribution < 1.29 is 4.74 Å². The topological polar surface area (TPSA) is 35.2 Å². The second kappa shape index (κ2) is 5.54. The molecule has 0 aliphatic heterocycles. The van der Waals surface area contributed by atoms with Gasteiger partial charge in [-0.15, -0.1) is 0 Å². The van der Waals surface area contributed by atoms with Crippen molar-refractivity contribution >= 4 is 0 Å².